The molecule has 1 saturated carbocycles. The SMILES string of the molecule is CCC1CN(C2(CO)CCCCC2)C1. The van der Waals surface area contributed by atoms with E-state index in [0.29, 0.717) is 6.61 Å². The third-order valence-electron chi connectivity index (χ3n) is 4.28. The van der Waals surface area contributed by atoms with E-state index >= 15 is 0 Å². The second-order valence-corrected chi connectivity index (χ2v) is 5.12. The Morgan fingerprint density at radius 3 is 2.36 bits per heavy atom. The fourth-order valence-corrected chi connectivity index (χ4v) is 3.00. The van der Waals surface area contributed by atoms with Crippen molar-refractivity contribution in [3.63, 3.8) is 0 Å². The molecule has 0 radical (unpaired) electrons. The second-order valence-electron chi connectivity index (χ2n) is 5.12. The average Bonchev–Trinajstić information content (AvgIpc) is 2.18. The highest BCUT2D eigenvalue weighted by molar-refractivity contribution is 4.98. The summed E-state index contributed by atoms with van der Waals surface area (Å²) in [5.41, 5.74) is 0.184. The average molecular weight is 197 g/mol. The van der Waals surface area contributed by atoms with E-state index in [9.17, 15) is 5.11 Å². The van der Waals surface area contributed by atoms with Crippen molar-refractivity contribution in [2.75, 3.05) is 19.7 Å². The van der Waals surface area contributed by atoms with Crippen LogP contribution in [-0.2, 0) is 0 Å². The summed E-state index contributed by atoms with van der Waals surface area (Å²) < 4.78 is 0. The summed E-state index contributed by atoms with van der Waals surface area (Å²) in [5, 5.41) is 9.59. The Morgan fingerprint density at radius 2 is 1.86 bits per heavy atom. The summed E-state index contributed by atoms with van der Waals surface area (Å²) in [4.78, 5) is 2.54. The summed E-state index contributed by atoms with van der Waals surface area (Å²) in [7, 11) is 0. The molecule has 2 aliphatic rings. The van der Waals surface area contributed by atoms with Gasteiger partial charge in [0.1, 0.15) is 0 Å². The molecule has 1 aliphatic carbocycles. The van der Waals surface area contributed by atoms with E-state index in [1.165, 1.54) is 51.6 Å². The lowest BCUT2D eigenvalue weighted by Crippen LogP contribution is -2.62. The van der Waals surface area contributed by atoms with E-state index in [1.54, 1.807) is 0 Å². The van der Waals surface area contributed by atoms with Crippen molar-refractivity contribution in [2.24, 2.45) is 5.92 Å². The van der Waals surface area contributed by atoms with E-state index < -0.39 is 0 Å². The zero-order valence-electron chi connectivity index (χ0n) is 9.34. The van der Waals surface area contributed by atoms with Gasteiger partial charge in [0, 0.05) is 18.6 Å². The van der Waals surface area contributed by atoms with E-state index in [-0.39, 0.29) is 5.54 Å². The first-order valence-corrected chi connectivity index (χ1v) is 6.16. The van der Waals surface area contributed by atoms with Crippen LogP contribution in [0, 0.1) is 5.92 Å². The van der Waals surface area contributed by atoms with Gasteiger partial charge < -0.3 is 5.11 Å². The molecule has 0 amide bonds. The van der Waals surface area contributed by atoms with E-state index in [1.807, 2.05) is 0 Å². The van der Waals surface area contributed by atoms with Crippen molar-refractivity contribution < 1.29 is 5.11 Å². The van der Waals surface area contributed by atoms with Crippen LogP contribution in [0.1, 0.15) is 45.4 Å². The first kappa shape index (κ1) is 10.4. The lowest BCUT2D eigenvalue weighted by Gasteiger charge is -2.53. The predicted molar refractivity (Wildman–Crippen MR) is 58.3 cm³/mol. The first-order chi connectivity index (χ1) is 6.80. The van der Waals surface area contributed by atoms with Crippen LogP contribution in [0.25, 0.3) is 0 Å². The zero-order valence-corrected chi connectivity index (χ0v) is 9.34. The maximum atomic E-state index is 9.59. The Morgan fingerprint density at radius 1 is 1.21 bits per heavy atom. The Balaban J connectivity index is 1.92. The molecule has 0 bridgehead atoms. The minimum Gasteiger partial charge on any atom is -0.394 e. The number of nitrogens with zero attached hydrogens (tertiary/aromatic N) is 1. The fraction of sp³-hybridized carbons (Fsp3) is 1.00. The molecule has 2 heteroatoms. The number of hydrogen-bond acceptors (Lipinski definition) is 2. The quantitative estimate of drug-likeness (QED) is 0.748. The summed E-state index contributed by atoms with van der Waals surface area (Å²) in [6, 6.07) is 0. The van der Waals surface area contributed by atoms with Gasteiger partial charge in [0.05, 0.1) is 6.61 Å². The molecule has 1 aliphatic heterocycles. The minimum atomic E-state index is 0.184. The molecule has 2 nitrogen and oxygen atoms in total. The van der Waals surface area contributed by atoms with Gasteiger partial charge in [-0.2, -0.15) is 0 Å². The minimum absolute atomic E-state index is 0.184. The van der Waals surface area contributed by atoms with Crippen molar-refractivity contribution >= 4 is 0 Å². The van der Waals surface area contributed by atoms with E-state index in [2.05, 4.69) is 11.8 Å². The van der Waals surface area contributed by atoms with Crippen molar-refractivity contribution in [3.8, 4) is 0 Å². The lowest BCUT2D eigenvalue weighted by molar-refractivity contribution is -0.0668. The van der Waals surface area contributed by atoms with E-state index in [4.69, 9.17) is 0 Å². The molecule has 1 heterocycles. The summed E-state index contributed by atoms with van der Waals surface area (Å²) in [6.45, 7) is 5.12. The molecule has 1 saturated heterocycles. The third kappa shape index (κ3) is 1.70. The maximum absolute atomic E-state index is 9.59. The molecule has 1 N–H and O–H groups in total. The van der Waals surface area contributed by atoms with E-state index in [0.717, 1.165) is 5.92 Å². The van der Waals surface area contributed by atoms with Gasteiger partial charge in [0.15, 0.2) is 0 Å². The van der Waals surface area contributed by atoms with Gasteiger partial charge in [0.25, 0.3) is 0 Å². The molecular formula is C12H23NO. The number of hydrogen-bond donors (Lipinski definition) is 1. The van der Waals surface area contributed by atoms with Gasteiger partial charge in [-0.05, 0) is 18.8 Å². The van der Waals surface area contributed by atoms with Crippen LogP contribution in [-0.4, -0.2) is 35.2 Å². The molecule has 2 rings (SSSR count). The van der Waals surface area contributed by atoms with Crippen LogP contribution in [0.3, 0.4) is 0 Å². The van der Waals surface area contributed by atoms with Crippen LogP contribution in [0.2, 0.25) is 0 Å². The lowest BCUT2D eigenvalue weighted by atomic mass is 9.77. The number of likely N-dealkylation sites (tertiary alicyclic amines) is 1. The summed E-state index contributed by atoms with van der Waals surface area (Å²) >= 11 is 0. The number of rotatable bonds is 3. The summed E-state index contributed by atoms with van der Waals surface area (Å²) in [6.07, 6.45) is 7.74. The molecule has 0 atom stereocenters. The Labute approximate surface area is 87.3 Å². The van der Waals surface area contributed by atoms with Crippen LogP contribution < -0.4 is 0 Å². The molecule has 14 heavy (non-hydrogen) atoms. The largest absolute Gasteiger partial charge is 0.394 e. The normalized spacial score (nSPS) is 28.7. The Bertz CT molecular complexity index is 181. The maximum Gasteiger partial charge on any atom is 0.0615 e. The van der Waals surface area contributed by atoms with Crippen molar-refractivity contribution in [1.82, 2.24) is 4.90 Å². The highest BCUT2D eigenvalue weighted by Gasteiger charge is 2.42. The van der Waals surface area contributed by atoms with Gasteiger partial charge in [-0.25, -0.2) is 0 Å². The van der Waals surface area contributed by atoms with Crippen LogP contribution in [0.4, 0.5) is 0 Å². The first-order valence-electron chi connectivity index (χ1n) is 6.16. The Hall–Kier alpha value is -0.0800. The topological polar surface area (TPSA) is 23.5 Å². The molecular weight excluding hydrogens is 174 g/mol. The van der Waals surface area contributed by atoms with Gasteiger partial charge >= 0.3 is 0 Å². The molecule has 82 valence electrons. The number of aliphatic hydroxyl groups is 1. The van der Waals surface area contributed by atoms with Gasteiger partial charge in [0.2, 0.25) is 0 Å². The van der Waals surface area contributed by atoms with Gasteiger partial charge in [-0.1, -0.05) is 32.6 Å². The third-order valence-corrected chi connectivity index (χ3v) is 4.28. The zero-order chi connectivity index (χ0) is 10.0. The van der Waals surface area contributed by atoms with Crippen molar-refractivity contribution in [3.05, 3.63) is 0 Å². The standard InChI is InChI=1S/C12H23NO/c1-2-11-8-13(9-11)12(10-14)6-4-3-5-7-12/h11,14H,2-10H2,1H3. The van der Waals surface area contributed by atoms with Crippen molar-refractivity contribution in [1.29, 1.82) is 0 Å². The molecule has 0 aromatic heterocycles. The monoisotopic (exact) mass is 197 g/mol. The fourth-order valence-electron chi connectivity index (χ4n) is 3.00. The van der Waals surface area contributed by atoms with Crippen LogP contribution in [0.5, 0.6) is 0 Å². The second kappa shape index (κ2) is 4.19. The van der Waals surface area contributed by atoms with Gasteiger partial charge in [-0.3, -0.25) is 4.90 Å². The van der Waals surface area contributed by atoms with Crippen LogP contribution >= 0.6 is 0 Å². The Kier molecular flexibility index (Phi) is 3.13. The molecule has 0 unspecified atom stereocenters. The molecule has 0 spiro atoms. The molecule has 0 aromatic rings. The highest BCUT2D eigenvalue weighted by Crippen LogP contribution is 2.38. The predicted octanol–water partition coefficient (Wildman–Crippen LogP) is 2.02. The van der Waals surface area contributed by atoms with Crippen LogP contribution in [0.15, 0.2) is 0 Å². The smallest absolute Gasteiger partial charge is 0.0615 e. The van der Waals surface area contributed by atoms with Crippen molar-refractivity contribution in [2.45, 2.75) is 51.0 Å². The molecule has 0 aromatic carbocycles. The van der Waals surface area contributed by atoms with Gasteiger partial charge in [-0.15, -0.1) is 0 Å². The number of aliphatic hydroxyl groups excluding tert-OH is 1. The summed E-state index contributed by atoms with van der Waals surface area (Å²) in [5.74, 6) is 0.903. The molecule has 2 fully saturated rings. The highest BCUT2D eigenvalue weighted by atomic mass is 16.3.